The Morgan fingerprint density at radius 2 is 2.00 bits per heavy atom. The SMILES string of the molecule is Cc1c(NC(=O)C2CCC=CO2)ccc2c1c1ccccc1n2C(C)C. The van der Waals surface area contributed by atoms with Gasteiger partial charge in [0.2, 0.25) is 0 Å². The maximum Gasteiger partial charge on any atom is 0.265 e. The quantitative estimate of drug-likeness (QED) is 0.696. The van der Waals surface area contributed by atoms with Gasteiger partial charge in [0.05, 0.1) is 6.26 Å². The standard InChI is InChI=1S/C22H24N2O2/c1-14(2)24-18-9-5-4-8-16(18)21-15(3)17(11-12-19(21)24)23-22(25)20-10-6-7-13-26-20/h4-5,7-9,11-14,20H,6,10H2,1-3H3,(H,23,25). The maximum absolute atomic E-state index is 12.6. The molecule has 26 heavy (non-hydrogen) atoms. The summed E-state index contributed by atoms with van der Waals surface area (Å²) >= 11 is 0. The number of hydrogen-bond donors (Lipinski definition) is 1. The number of nitrogens with zero attached hydrogens (tertiary/aromatic N) is 1. The van der Waals surface area contributed by atoms with Crippen molar-refractivity contribution in [2.75, 3.05) is 5.32 Å². The number of fused-ring (bicyclic) bond motifs is 3. The largest absolute Gasteiger partial charge is 0.489 e. The summed E-state index contributed by atoms with van der Waals surface area (Å²) in [5, 5.41) is 5.50. The number of amides is 1. The van der Waals surface area contributed by atoms with Crippen LogP contribution in [0.25, 0.3) is 21.8 Å². The normalized spacial score (nSPS) is 17.0. The summed E-state index contributed by atoms with van der Waals surface area (Å²) in [6.07, 6.45) is 4.75. The number of aromatic nitrogens is 1. The van der Waals surface area contributed by atoms with Gasteiger partial charge in [-0.1, -0.05) is 18.2 Å². The summed E-state index contributed by atoms with van der Waals surface area (Å²) in [6, 6.07) is 12.9. The Morgan fingerprint density at radius 1 is 1.19 bits per heavy atom. The first kappa shape index (κ1) is 16.7. The molecule has 1 aliphatic rings. The molecule has 4 rings (SSSR count). The Labute approximate surface area is 153 Å². The van der Waals surface area contributed by atoms with Gasteiger partial charge in [-0.15, -0.1) is 0 Å². The third-order valence-electron chi connectivity index (χ3n) is 5.14. The van der Waals surface area contributed by atoms with Gasteiger partial charge in [-0.25, -0.2) is 0 Å². The third-order valence-corrected chi connectivity index (χ3v) is 5.14. The fourth-order valence-electron chi connectivity index (χ4n) is 3.89. The van der Waals surface area contributed by atoms with E-state index in [1.165, 1.54) is 21.8 Å². The van der Waals surface area contributed by atoms with Gasteiger partial charge in [-0.2, -0.15) is 0 Å². The van der Waals surface area contributed by atoms with E-state index in [4.69, 9.17) is 4.74 Å². The molecule has 1 amide bonds. The number of carbonyl (C=O) groups excluding carboxylic acids is 1. The molecule has 0 spiro atoms. The fraction of sp³-hybridized carbons (Fsp3) is 0.318. The lowest BCUT2D eigenvalue weighted by molar-refractivity contribution is -0.125. The molecule has 1 unspecified atom stereocenters. The van der Waals surface area contributed by atoms with Gasteiger partial charge in [0.25, 0.3) is 5.91 Å². The Bertz CT molecular complexity index is 1010. The van der Waals surface area contributed by atoms with E-state index in [2.05, 4.69) is 61.0 Å². The molecule has 1 N–H and O–H groups in total. The van der Waals surface area contributed by atoms with Crippen molar-refractivity contribution in [1.29, 1.82) is 0 Å². The van der Waals surface area contributed by atoms with Crippen LogP contribution in [-0.4, -0.2) is 16.6 Å². The van der Waals surface area contributed by atoms with Crippen molar-refractivity contribution in [3.05, 3.63) is 54.3 Å². The molecule has 0 aliphatic carbocycles. The first-order valence-electron chi connectivity index (χ1n) is 9.21. The average Bonchev–Trinajstić information content (AvgIpc) is 3.00. The topological polar surface area (TPSA) is 43.3 Å². The molecule has 2 heterocycles. The van der Waals surface area contributed by atoms with Gasteiger partial charge in [0, 0.05) is 33.5 Å². The molecule has 1 aromatic heterocycles. The molecule has 1 atom stereocenters. The third kappa shape index (κ3) is 2.66. The highest BCUT2D eigenvalue weighted by Gasteiger charge is 2.22. The Kier molecular flexibility index (Phi) is 4.19. The number of ether oxygens (including phenoxy) is 1. The second-order valence-electron chi connectivity index (χ2n) is 7.18. The monoisotopic (exact) mass is 348 g/mol. The van der Waals surface area contributed by atoms with E-state index in [1.54, 1.807) is 6.26 Å². The van der Waals surface area contributed by atoms with Crippen LogP contribution < -0.4 is 5.32 Å². The number of benzene rings is 2. The van der Waals surface area contributed by atoms with Crippen LogP contribution in [0.1, 0.15) is 38.3 Å². The predicted octanol–water partition coefficient (Wildman–Crippen LogP) is 5.32. The first-order chi connectivity index (χ1) is 12.6. The van der Waals surface area contributed by atoms with E-state index >= 15 is 0 Å². The van der Waals surface area contributed by atoms with Crippen LogP contribution in [0.5, 0.6) is 0 Å². The number of anilines is 1. The van der Waals surface area contributed by atoms with Crippen LogP contribution in [0, 0.1) is 6.92 Å². The zero-order valence-corrected chi connectivity index (χ0v) is 15.5. The smallest absolute Gasteiger partial charge is 0.265 e. The lowest BCUT2D eigenvalue weighted by atomic mass is 10.0. The number of aryl methyl sites for hydroxylation is 1. The van der Waals surface area contributed by atoms with Crippen molar-refractivity contribution >= 4 is 33.4 Å². The zero-order valence-electron chi connectivity index (χ0n) is 15.5. The molecule has 4 heteroatoms. The summed E-state index contributed by atoms with van der Waals surface area (Å²) in [6.45, 7) is 6.48. The number of allylic oxidation sites excluding steroid dienone is 1. The molecule has 2 aromatic carbocycles. The first-order valence-corrected chi connectivity index (χ1v) is 9.21. The Balaban J connectivity index is 1.81. The van der Waals surface area contributed by atoms with Gasteiger partial charge in [0.15, 0.2) is 6.10 Å². The van der Waals surface area contributed by atoms with Crippen molar-refractivity contribution in [3.63, 3.8) is 0 Å². The van der Waals surface area contributed by atoms with Crippen LogP contribution in [0.15, 0.2) is 48.7 Å². The molecule has 1 aliphatic heterocycles. The number of nitrogens with one attached hydrogen (secondary N) is 1. The van der Waals surface area contributed by atoms with Crippen molar-refractivity contribution < 1.29 is 9.53 Å². The molecule has 0 saturated carbocycles. The fourth-order valence-corrected chi connectivity index (χ4v) is 3.89. The zero-order chi connectivity index (χ0) is 18.3. The predicted molar refractivity (Wildman–Crippen MR) is 106 cm³/mol. The van der Waals surface area contributed by atoms with Crippen LogP contribution in [0.4, 0.5) is 5.69 Å². The second kappa shape index (κ2) is 6.52. The van der Waals surface area contributed by atoms with Gasteiger partial charge in [-0.3, -0.25) is 4.79 Å². The summed E-state index contributed by atoms with van der Waals surface area (Å²) in [4.78, 5) is 12.6. The number of hydrogen-bond acceptors (Lipinski definition) is 2. The molecular weight excluding hydrogens is 324 g/mol. The minimum absolute atomic E-state index is 0.0793. The van der Waals surface area contributed by atoms with Crippen molar-refractivity contribution in [2.45, 2.75) is 45.8 Å². The van der Waals surface area contributed by atoms with Crippen LogP contribution in [0.2, 0.25) is 0 Å². The summed E-state index contributed by atoms with van der Waals surface area (Å²) in [5.41, 5.74) is 4.38. The molecular formula is C22H24N2O2. The molecule has 0 saturated heterocycles. The van der Waals surface area contributed by atoms with Crippen LogP contribution >= 0.6 is 0 Å². The Hall–Kier alpha value is -2.75. The molecule has 134 valence electrons. The average molecular weight is 348 g/mol. The van der Waals surface area contributed by atoms with E-state index in [9.17, 15) is 4.79 Å². The van der Waals surface area contributed by atoms with Gasteiger partial charge in [-0.05, 0) is 63.5 Å². The van der Waals surface area contributed by atoms with E-state index in [1.807, 2.05) is 12.1 Å². The van der Waals surface area contributed by atoms with E-state index in [0.29, 0.717) is 6.04 Å². The maximum atomic E-state index is 12.6. The Morgan fingerprint density at radius 3 is 2.73 bits per heavy atom. The number of para-hydroxylation sites is 1. The summed E-state index contributed by atoms with van der Waals surface area (Å²) < 4.78 is 7.81. The molecule has 0 bridgehead atoms. The number of carbonyl (C=O) groups is 1. The lowest BCUT2D eigenvalue weighted by Gasteiger charge is -2.19. The molecule has 0 fully saturated rings. The van der Waals surface area contributed by atoms with Gasteiger partial charge >= 0.3 is 0 Å². The van der Waals surface area contributed by atoms with Gasteiger partial charge in [0.1, 0.15) is 0 Å². The summed E-state index contributed by atoms with van der Waals surface area (Å²) in [7, 11) is 0. The minimum Gasteiger partial charge on any atom is -0.489 e. The number of rotatable bonds is 3. The van der Waals surface area contributed by atoms with Gasteiger partial charge < -0.3 is 14.6 Å². The van der Waals surface area contributed by atoms with Crippen LogP contribution in [0.3, 0.4) is 0 Å². The van der Waals surface area contributed by atoms with E-state index in [-0.39, 0.29) is 5.91 Å². The second-order valence-corrected chi connectivity index (χ2v) is 7.18. The lowest BCUT2D eigenvalue weighted by Crippen LogP contribution is -2.30. The van der Waals surface area contributed by atoms with E-state index in [0.717, 1.165) is 24.1 Å². The highest BCUT2D eigenvalue weighted by atomic mass is 16.5. The molecule has 0 radical (unpaired) electrons. The molecule has 4 nitrogen and oxygen atoms in total. The summed E-state index contributed by atoms with van der Waals surface area (Å²) in [5.74, 6) is -0.0793. The van der Waals surface area contributed by atoms with E-state index < -0.39 is 6.10 Å². The minimum atomic E-state index is -0.410. The highest BCUT2D eigenvalue weighted by molar-refractivity contribution is 6.12. The van der Waals surface area contributed by atoms with Crippen molar-refractivity contribution in [2.24, 2.45) is 0 Å². The van der Waals surface area contributed by atoms with Crippen molar-refractivity contribution in [1.82, 2.24) is 4.57 Å². The van der Waals surface area contributed by atoms with Crippen molar-refractivity contribution in [3.8, 4) is 0 Å². The highest BCUT2D eigenvalue weighted by Crippen LogP contribution is 2.36. The molecule has 3 aromatic rings. The van der Waals surface area contributed by atoms with Crippen LogP contribution in [-0.2, 0) is 9.53 Å².